The van der Waals surface area contributed by atoms with Crippen LogP contribution in [0.4, 0.5) is 0 Å². The first kappa shape index (κ1) is 9.28. The Bertz CT molecular complexity index is 441. The van der Waals surface area contributed by atoms with Gasteiger partial charge < -0.3 is 10.7 Å². The van der Waals surface area contributed by atoms with Crippen LogP contribution in [0.3, 0.4) is 0 Å². The van der Waals surface area contributed by atoms with E-state index in [9.17, 15) is 0 Å². The van der Waals surface area contributed by atoms with Crippen molar-refractivity contribution in [2.24, 2.45) is 5.73 Å². The largest absolute Gasteiger partial charge is 0.358 e. The predicted molar refractivity (Wildman–Crippen MR) is 60.4 cm³/mol. The van der Waals surface area contributed by atoms with Crippen LogP contribution >= 0.6 is 0 Å². The first-order valence-electron chi connectivity index (χ1n) is 5.00. The summed E-state index contributed by atoms with van der Waals surface area (Å²) in [6.07, 6.45) is 0.940. The number of aryl methyl sites for hydroxylation is 1. The Morgan fingerprint density at radius 3 is 2.79 bits per heavy atom. The fourth-order valence-corrected chi connectivity index (χ4v) is 1.92. The predicted octanol–water partition coefficient (Wildman–Crippen LogP) is 2.37. The van der Waals surface area contributed by atoms with Gasteiger partial charge in [-0.05, 0) is 31.9 Å². The number of rotatable bonds is 2. The molecule has 0 saturated heterocycles. The molecule has 2 rings (SSSR count). The maximum Gasteiger partial charge on any atom is 0.0458 e. The quantitative estimate of drug-likeness (QED) is 0.746. The number of hydrogen-bond donors (Lipinski definition) is 2. The monoisotopic (exact) mass is 188 g/mol. The summed E-state index contributed by atoms with van der Waals surface area (Å²) >= 11 is 0. The van der Waals surface area contributed by atoms with Crippen molar-refractivity contribution in [1.29, 1.82) is 0 Å². The Labute approximate surface area is 84.1 Å². The van der Waals surface area contributed by atoms with Crippen LogP contribution in [0.2, 0.25) is 0 Å². The van der Waals surface area contributed by atoms with Gasteiger partial charge in [0.15, 0.2) is 0 Å². The number of nitrogens with one attached hydrogen (secondary N) is 1. The lowest BCUT2D eigenvalue weighted by Gasteiger charge is -2.04. The summed E-state index contributed by atoms with van der Waals surface area (Å²) in [6, 6.07) is 8.59. The standard InChI is InChI=1S/C12H16N2/c1-8(13)7-11-9(2)14-12-6-4-3-5-10(11)12/h3-6,8,14H,7,13H2,1-2H3/t8-/m0/s1. The van der Waals surface area contributed by atoms with Gasteiger partial charge in [0.2, 0.25) is 0 Å². The average molecular weight is 188 g/mol. The van der Waals surface area contributed by atoms with E-state index in [4.69, 9.17) is 5.73 Å². The molecular formula is C12H16N2. The van der Waals surface area contributed by atoms with Crippen molar-refractivity contribution in [2.45, 2.75) is 26.3 Å². The van der Waals surface area contributed by atoms with Crippen LogP contribution in [0, 0.1) is 6.92 Å². The summed E-state index contributed by atoms with van der Waals surface area (Å²) < 4.78 is 0. The third kappa shape index (κ3) is 1.53. The zero-order valence-electron chi connectivity index (χ0n) is 8.67. The Hall–Kier alpha value is -1.28. The van der Waals surface area contributed by atoms with Crippen LogP contribution in [-0.4, -0.2) is 11.0 Å². The summed E-state index contributed by atoms with van der Waals surface area (Å²) in [5.41, 5.74) is 9.63. The summed E-state index contributed by atoms with van der Waals surface area (Å²) in [5.74, 6) is 0. The van der Waals surface area contributed by atoms with Gasteiger partial charge in [0.05, 0.1) is 0 Å². The summed E-state index contributed by atoms with van der Waals surface area (Å²) in [4.78, 5) is 3.38. The number of H-pyrrole nitrogens is 1. The number of aromatic nitrogens is 1. The van der Waals surface area contributed by atoms with Gasteiger partial charge in [0.1, 0.15) is 0 Å². The van der Waals surface area contributed by atoms with Crippen molar-refractivity contribution in [3.05, 3.63) is 35.5 Å². The number of nitrogens with two attached hydrogens (primary N) is 1. The van der Waals surface area contributed by atoms with Crippen LogP contribution in [0.1, 0.15) is 18.2 Å². The van der Waals surface area contributed by atoms with E-state index in [1.54, 1.807) is 0 Å². The third-order valence-corrected chi connectivity index (χ3v) is 2.55. The van der Waals surface area contributed by atoms with Crippen molar-refractivity contribution >= 4 is 10.9 Å². The molecule has 3 N–H and O–H groups in total. The molecule has 1 aromatic carbocycles. The van der Waals surface area contributed by atoms with Crippen LogP contribution in [0.5, 0.6) is 0 Å². The fraction of sp³-hybridized carbons (Fsp3) is 0.333. The molecule has 2 heteroatoms. The van der Waals surface area contributed by atoms with E-state index < -0.39 is 0 Å². The number of fused-ring (bicyclic) bond motifs is 1. The van der Waals surface area contributed by atoms with Crippen molar-refractivity contribution in [1.82, 2.24) is 4.98 Å². The topological polar surface area (TPSA) is 41.8 Å². The zero-order chi connectivity index (χ0) is 10.1. The van der Waals surface area contributed by atoms with Gasteiger partial charge in [0.25, 0.3) is 0 Å². The summed E-state index contributed by atoms with van der Waals surface area (Å²) in [5, 5.41) is 1.31. The van der Waals surface area contributed by atoms with Gasteiger partial charge in [-0.15, -0.1) is 0 Å². The number of para-hydroxylation sites is 1. The maximum absolute atomic E-state index is 5.83. The second-order valence-corrected chi connectivity index (χ2v) is 3.96. The molecule has 0 aliphatic heterocycles. The number of hydrogen-bond acceptors (Lipinski definition) is 1. The van der Waals surface area contributed by atoms with Crippen molar-refractivity contribution < 1.29 is 0 Å². The van der Waals surface area contributed by atoms with Gasteiger partial charge >= 0.3 is 0 Å². The highest BCUT2D eigenvalue weighted by Crippen LogP contribution is 2.22. The molecule has 0 spiro atoms. The molecule has 0 saturated carbocycles. The summed E-state index contributed by atoms with van der Waals surface area (Å²) in [7, 11) is 0. The van der Waals surface area contributed by atoms with E-state index in [1.807, 2.05) is 13.0 Å². The zero-order valence-corrected chi connectivity index (χ0v) is 8.67. The molecule has 2 aromatic rings. The first-order valence-corrected chi connectivity index (χ1v) is 5.00. The molecule has 0 unspecified atom stereocenters. The number of aromatic amines is 1. The normalized spacial score (nSPS) is 13.4. The SMILES string of the molecule is Cc1[nH]c2ccccc2c1C[C@H](C)N. The molecule has 14 heavy (non-hydrogen) atoms. The van der Waals surface area contributed by atoms with Gasteiger partial charge in [0, 0.05) is 22.6 Å². The first-order chi connectivity index (χ1) is 6.68. The second kappa shape index (κ2) is 3.46. The lowest BCUT2D eigenvalue weighted by atomic mass is 10.0. The van der Waals surface area contributed by atoms with Crippen molar-refractivity contribution in [3.63, 3.8) is 0 Å². The van der Waals surface area contributed by atoms with E-state index in [2.05, 4.69) is 30.1 Å². The van der Waals surface area contributed by atoms with Crippen molar-refractivity contribution in [2.75, 3.05) is 0 Å². The highest BCUT2D eigenvalue weighted by Gasteiger charge is 2.08. The van der Waals surface area contributed by atoms with Gasteiger partial charge in [-0.25, -0.2) is 0 Å². The van der Waals surface area contributed by atoms with Crippen molar-refractivity contribution in [3.8, 4) is 0 Å². The average Bonchev–Trinajstić information content (AvgIpc) is 2.43. The number of benzene rings is 1. The highest BCUT2D eigenvalue weighted by molar-refractivity contribution is 5.84. The van der Waals surface area contributed by atoms with Gasteiger partial charge in [-0.2, -0.15) is 0 Å². The van der Waals surface area contributed by atoms with Crippen LogP contribution in [0.25, 0.3) is 10.9 Å². The molecule has 0 radical (unpaired) electrons. The Kier molecular flexibility index (Phi) is 2.30. The molecule has 0 bridgehead atoms. The van der Waals surface area contributed by atoms with E-state index in [0.29, 0.717) is 0 Å². The highest BCUT2D eigenvalue weighted by atomic mass is 14.7. The molecule has 1 heterocycles. The van der Waals surface area contributed by atoms with Gasteiger partial charge in [-0.1, -0.05) is 18.2 Å². The van der Waals surface area contributed by atoms with Gasteiger partial charge in [-0.3, -0.25) is 0 Å². The fourth-order valence-electron chi connectivity index (χ4n) is 1.92. The van der Waals surface area contributed by atoms with E-state index in [-0.39, 0.29) is 6.04 Å². The summed E-state index contributed by atoms with van der Waals surface area (Å²) in [6.45, 7) is 4.15. The molecule has 2 nitrogen and oxygen atoms in total. The van der Waals surface area contributed by atoms with Crippen LogP contribution in [-0.2, 0) is 6.42 Å². The minimum absolute atomic E-state index is 0.216. The Morgan fingerprint density at radius 1 is 1.36 bits per heavy atom. The van der Waals surface area contributed by atoms with E-state index in [1.165, 1.54) is 22.2 Å². The molecule has 1 aromatic heterocycles. The maximum atomic E-state index is 5.83. The van der Waals surface area contributed by atoms with E-state index >= 15 is 0 Å². The molecule has 74 valence electrons. The molecule has 0 aliphatic carbocycles. The molecule has 0 fully saturated rings. The van der Waals surface area contributed by atoms with E-state index in [0.717, 1.165) is 6.42 Å². The van der Waals surface area contributed by atoms with Crippen LogP contribution < -0.4 is 5.73 Å². The lowest BCUT2D eigenvalue weighted by Crippen LogP contribution is -2.18. The molecule has 1 atom stereocenters. The second-order valence-electron chi connectivity index (χ2n) is 3.96. The molecule has 0 amide bonds. The van der Waals surface area contributed by atoms with Crippen LogP contribution in [0.15, 0.2) is 24.3 Å². The Balaban J connectivity index is 2.56. The molecule has 0 aliphatic rings. The smallest absolute Gasteiger partial charge is 0.0458 e. The minimum Gasteiger partial charge on any atom is -0.358 e. The lowest BCUT2D eigenvalue weighted by molar-refractivity contribution is 0.738. The minimum atomic E-state index is 0.216. The molecular weight excluding hydrogens is 172 g/mol. The Morgan fingerprint density at radius 2 is 2.07 bits per heavy atom. The third-order valence-electron chi connectivity index (χ3n) is 2.55.